The Hall–Kier alpha value is -1.95. The SMILES string of the molecule is CC(F)(F)c1cc(OCC2=C(C3CCCC3)CCOC2)ccc1CCC(=O)O. The number of carboxylic acids is 1. The summed E-state index contributed by atoms with van der Waals surface area (Å²) in [6.45, 7) is 2.44. The van der Waals surface area contributed by atoms with Crippen LogP contribution >= 0.6 is 0 Å². The normalized spacial score (nSPS) is 18.5. The highest BCUT2D eigenvalue weighted by atomic mass is 19.3. The fourth-order valence-electron chi connectivity index (χ4n) is 4.23. The lowest BCUT2D eigenvalue weighted by atomic mass is 9.89. The van der Waals surface area contributed by atoms with Crippen molar-refractivity contribution >= 4 is 5.97 Å². The monoisotopic (exact) mass is 394 g/mol. The lowest BCUT2D eigenvalue weighted by Crippen LogP contribution is -2.20. The van der Waals surface area contributed by atoms with E-state index in [2.05, 4.69) is 0 Å². The Kier molecular flexibility index (Phi) is 6.70. The van der Waals surface area contributed by atoms with Crippen LogP contribution in [0.2, 0.25) is 0 Å². The van der Waals surface area contributed by atoms with Crippen molar-refractivity contribution in [2.75, 3.05) is 19.8 Å². The molecule has 0 bridgehead atoms. The minimum Gasteiger partial charge on any atom is -0.489 e. The summed E-state index contributed by atoms with van der Waals surface area (Å²) in [6, 6.07) is 4.54. The third-order valence-corrected chi connectivity index (χ3v) is 5.67. The van der Waals surface area contributed by atoms with E-state index >= 15 is 0 Å². The Morgan fingerprint density at radius 1 is 1.32 bits per heavy atom. The number of halogens is 2. The van der Waals surface area contributed by atoms with E-state index in [0.29, 0.717) is 30.4 Å². The molecule has 1 aromatic carbocycles. The zero-order valence-corrected chi connectivity index (χ0v) is 16.3. The average molecular weight is 394 g/mol. The molecular weight excluding hydrogens is 366 g/mol. The fraction of sp³-hybridized carbons (Fsp3) is 0.591. The maximum absolute atomic E-state index is 14.0. The molecule has 1 aliphatic carbocycles. The van der Waals surface area contributed by atoms with Gasteiger partial charge in [-0.1, -0.05) is 24.5 Å². The van der Waals surface area contributed by atoms with Gasteiger partial charge in [0.25, 0.3) is 5.92 Å². The molecule has 0 spiro atoms. The largest absolute Gasteiger partial charge is 0.489 e. The minimum atomic E-state index is -3.06. The standard InChI is InChI=1S/C22H28F2O4/c1-22(23,24)20-12-18(8-6-16(20)7-9-21(25)26)28-14-17-13-27-11-10-19(17)15-4-2-3-5-15/h6,8,12,15H,2-5,7,9-11,13-14H2,1H3,(H,25,26). The van der Waals surface area contributed by atoms with E-state index in [1.807, 2.05) is 0 Å². The number of benzene rings is 1. The summed E-state index contributed by atoms with van der Waals surface area (Å²) in [5.74, 6) is -3.08. The topological polar surface area (TPSA) is 55.8 Å². The van der Waals surface area contributed by atoms with Crippen molar-refractivity contribution in [3.05, 3.63) is 40.5 Å². The molecular formula is C22H28F2O4. The van der Waals surface area contributed by atoms with E-state index in [1.54, 1.807) is 12.1 Å². The first-order valence-electron chi connectivity index (χ1n) is 9.99. The molecule has 0 amide bonds. The molecule has 0 radical (unpaired) electrons. The van der Waals surface area contributed by atoms with Crippen molar-refractivity contribution in [3.8, 4) is 5.75 Å². The minimum absolute atomic E-state index is 0.0686. The van der Waals surface area contributed by atoms with Crippen LogP contribution in [0.4, 0.5) is 8.78 Å². The number of ether oxygens (including phenoxy) is 2. The van der Waals surface area contributed by atoms with Crippen LogP contribution in [0.25, 0.3) is 0 Å². The number of rotatable bonds is 8. The van der Waals surface area contributed by atoms with Crippen LogP contribution in [0.1, 0.15) is 56.6 Å². The van der Waals surface area contributed by atoms with Gasteiger partial charge in [0.05, 0.1) is 13.2 Å². The quantitative estimate of drug-likeness (QED) is 0.623. The first kappa shape index (κ1) is 20.8. The maximum atomic E-state index is 14.0. The van der Waals surface area contributed by atoms with Crippen LogP contribution in [0.15, 0.2) is 29.3 Å². The van der Waals surface area contributed by atoms with Gasteiger partial charge in [-0.3, -0.25) is 4.79 Å². The highest BCUT2D eigenvalue weighted by Gasteiger charge is 2.29. The maximum Gasteiger partial charge on any atom is 0.303 e. The molecule has 6 heteroatoms. The van der Waals surface area contributed by atoms with Crippen molar-refractivity contribution in [1.82, 2.24) is 0 Å². The van der Waals surface area contributed by atoms with Crippen LogP contribution in [-0.2, 0) is 21.9 Å². The molecule has 0 saturated heterocycles. The predicted octanol–water partition coefficient (Wildman–Crippen LogP) is 5.10. The first-order valence-corrected chi connectivity index (χ1v) is 9.99. The van der Waals surface area contributed by atoms with Gasteiger partial charge in [-0.15, -0.1) is 0 Å². The molecule has 28 heavy (non-hydrogen) atoms. The second-order valence-electron chi connectivity index (χ2n) is 7.80. The van der Waals surface area contributed by atoms with Gasteiger partial charge < -0.3 is 14.6 Å². The van der Waals surface area contributed by atoms with Crippen molar-refractivity contribution in [2.45, 2.75) is 57.8 Å². The molecule has 4 nitrogen and oxygen atoms in total. The van der Waals surface area contributed by atoms with E-state index in [1.165, 1.54) is 37.3 Å². The van der Waals surface area contributed by atoms with Crippen LogP contribution < -0.4 is 4.74 Å². The summed E-state index contributed by atoms with van der Waals surface area (Å²) in [6.07, 6.45) is 5.76. The molecule has 0 unspecified atom stereocenters. The highest BCUT2D eigenvalue weighted by molar-refractivity contribution is 5.67. The van der Waals surface area contributed by atoms with E-state index in [-0.39, 0.29) is 18.4 Å². The highest BCUT2D eigenvalue weighted by Crippen LogP contribution is 2.37. The first-order chi connectivity index (χ1) is 13.3. The molecule has 1 aliphatic heterocycles. The number of aryl methyl sites for hydroxylation is 1. The Labute approximate surface area is 164 Å². The Morgan fingerprint density at radius 3 is 2.75 bits per heavy atom. The molecule has 154 valence electrons. The molecule has 0 aromatic heterocycles. The molecule has 1 N–H and O–H groups in total. The molecule has 0 atom stereocenters. The van der Waals surface area contributed by atoms with Crippen LogP contribution in [0, 0.1) is 5.92 Å². The Bertz CT molecular complexity index is 731. The van der Waals surface area contributed by atoms with E-state index in [9.17, 15) is 13.6 Å². The second kappa shape index (κ2) is 9.03. The smallest absolute Gasteiger partial charge is 0.303 e. The summed E-state index contributed by atoms with van der Waals surface area (Å²) in [7, 11) is 0. The van der Waals surface area contributed by atoms with Gasteiger partial charge in [0.1, 0.15) is 12.4 Å². The van der Waals surface area contributed by atoms with Gasteiger partial charge in [-0.2, -0.15) is 0 Å². The predicted molar refractivity (Wildman–Crippen MR) is 102 cm³/mol. The van der Waals surface area contributed by atoms with Crippen molar-refractivity contribution < 1.29 is 28.2 Å². The molecule has 1 aromatic rings. The number of carbonyl (C=O) groups is 1. The van der Waals surface area contributed by atoms with Gasteiger partial charge in [0.15, 0.2) is 0 Å². The van der Waals surface area contributed by atoms with Gasteiger partial charge in [0, 0.05) is 18.9 Å². The third-order valence-electron chi connectivity index (χ3n) is 5.67. The zero-order chi connectivity index (χ0) is 20.1. The number of alkyl halides is 2. The fourth-order valence-corrected chi connectivity index (χ4v) is 4.23. The van der Waals surface area contributed by atoms with Gasteiger partial charge in [-0.25, -0.2) is 8.78 Å². The molecule has 2 aliphatic rings. The lowest BCUT2D eigenvalue weighted by molar-refractivity contribution is -0.137. The summed E-state index contributed by atoms with van der Waals surface area (Å²) in [5.41, 5.74) is 2.74. The van der Waals surface area contributed by atoms with Gasteiger partial charge in [-0.05, 0) is 54.9 Å². The molecule has 3 rings (SSSR count). The molecule has 1 fully saturated rings. The van der Waals surface area contributed by atoms with Crippen LogP contribution in [-0.4, -0.2) is 30.9 Å². The van der Waals surface area contributed by atoms with Crippen LogP contribution in [0.5, 0.6) is 5.75 Å². The average Bonchev–Trinajstić information content (AvgIpc) is 3.19. The number of aliphatic carboxylic acids is 1. The van der Waals surface area contributed by atoms with Crippen molar-refractivity contribution in [2.24, 2.45) is 5.92 Å². The molecule has 1 heterocycles. The Balaban J connectivity index is 1.75. The third kappa shape index (κ3) is 5.31. The van der Waals surface area contributed by atoms with E-state index in [0.717, 1.165) is 25.5 Å². The summed E-state index contributed by atoms with van der Waals surface area (Å²) in [5, 5.41) is 8.84. The summed E-state index contributed by atoms with van der Waals surface area (Å²) >= 11 is 0. The van der Waals surface area contributed by atoms with Crippen molar-refractivity contribution in [1.29, 1.82) is 0 Å². The number of hydrogen-bond donors (Lipinski definition) is 1. The molecule has 1 saturated carbocycles. The van der Waals surface area contributed by atoms with E-state index in [4.69, 9.17) is 14.6 Å². The second-order valence-corrected chi connectivity index (χ2v) is 7.80. The van der Waals surface area contributed by atoms with Crippen LogP contribution in [0.3, 0.4) is 0 Å². The van der Waals surface area contributed by atoms with Gasteiger partial charge in [0.2, 0.25) is 0 Å². The van der Waals surface area contributed by atoms with Crippen molar-refractivity contribution in [3.63, 3.8) is 0 Å². The number of hydrogen-bond acceptors (Lipinski definition) is 3. The summed E-state index contributed by atoms with van der Waals surface area (Å²) < 4.78 is 39.6. The number of carboxylic acid groups (broad SMARTS) is 1. The van der Waals surface area contributed by atoms with Gasteiger partial charge >= 0.3 is 5.97 Å². The Morgan fingerprint density at radius 2 is 2.07 bits per heavy atom. The summed E-state index contributed by atoms with van der Waals surface area (Å²) in [4.78, 5) is 10.8. The van der Waals surface area contributed by atoms with E-state index < -0.39 is 11.9 Å². The lowest BCUT2D eigenvalue weighted by Gasteiger charge is -2.25. The zero-order valence-electron chi connectivity index (χ0n) is 16.3.